The van der Waals surface area contributed by atoms with Gasteiger partial charge >= 0.3 is 6.09 Å². The van der Waals surface area contributed by atoms with E-state index in [4.69, 9.17) is 15.6 Å². The number of ether oxygens (including phenoxy) is 1. The molecule has 1 amide bonds. The first-order valence-electron chi connectivity index (χ1n) is 6.67. The Kier molecular flexibility index (Phi) is 6.14. The predicted molar refractivity (Wildman–Crippen MR) is 84.6 cm³/mol. The van der Waals surface area contributed by atoms with Crippen LogP contribution in [0.3, 0.4) is 0 Å². The number of nitrogens with one attached hydrogen (secondary N) is 3. The summed E-state index contributed by atoms with van der Waals surface area (Å²) in [6, 6.07) is 5.16. The summed E-state index contributed by atoms with van der Waals surface area (Å²) in [5.41, 5.74) is -0.267. The van der Waals surface area contributed by atoms with Crippen LogP contribution in [0.4, 0.5) is 4.79 Å². The fourth-order valence-electron chi connectivity index (χ4n) is 1.63. The van der Waals surface area contributed by atoms with Crippen LogP contribution in [-0.4, -0.2) is 28.6 Å². The van der Waals surface area contributed by atoms with Crippen molar-refractivity contribution in [2.75, 3.05) is 6.54 Å². The number of carbonyl (C=O) groups excluding carboxylic acids is 1. The SMILES string of the molecule is CC(C)(C)OC(=O)NCCCC(=N)n1c(Br)cccc1=N. The summed E-state index contributed by atoms with van der Waals surface area (Å²) in [6.45, 7) is 5.85. The number of alkyl carbamates (subject to hydrolysis) is 1. The van der Waals surface area contributed by atoms with Crippen molar-refractivity contribution >= 4 is 27.9 Å². The molecule has 116 valence electrons. The number of hydrogen-bond acceptors (Lipinski definition) is 4. The fraction of sp³-hybridized carbons (Fsp3) is 0.500. The van der Waals surface area contributed by atoms with Crippen LogP contribution in [0.1, 0.15) is 33.6 Å². The number of hydrogen-bond donors (Lipinski definition) is 3. The molecule has 0 aromatic carbocycles. The Balaban J connectivity index is 2.42. The minimum Gasteiger partial charge on any atom is -0.444 e. The minimum atomic E-state index is -0.512. The zero-order valence-electron chi connectivity index (χ0n) is 12.5. The van der Waals surface area contributed by atoms with Crippen molar-refractivity contribution < 1.29 is 9.53 Å². The van der Waals surface area contributed by atoms with Crippen LogP contribution < -0.4 is 10.8 Å². The summed E-state index contributed by atoms with van der Waals surface area (Å²) < 4.78 is 7.30. The number of halogens is 1. The maximum Gasteiger partial charge on any atom is 0.407 e. The van der Waals surface area contributed by atoms with E-state index in [0.29, 0.717) is 29.8 Å². The molecule has 1 heterocycles. The van der Waals surface area contributed by atoms with Crippen LogP contribution in [0.15, 0.2) is 22.8 Å². The summed E-state index contributed by atoms with van der Waals surface area (Å²) in [4.78, 5) is 11.5. The number of carbonyl (C=O) groups is 1. The second-order valence-electron chi connectivity index (χ2n) is 5.55. The zero-order valence-corrected chi connectivity index (χ0v) is 14.1. The molecule has 0 spiro atoms. The predicted octanol–water partition coefficient (Wildman–Crippen LogP) is 2.86. The summed E-state index contributed by atoms with van der Waals surface area (Å²) in [5.74, 6) is 0.304. The smallest absolute Gasteiger partial charge is 0.407 e. The molecule has 0 fully saturated rings. The highest BCUT2D eigenvalue weighted by Gasteiger charge is 2.15. The molecule has 0 aliphatic heterocycles. The van der Waals surface area contributed by atoms with Crippen molar-refractivity contribution in [1.82, 2.24) is 9.88 Å². The van der Waals surface area contributed by atoms with Gasteiger partial charge in [-0.05, 0) is 55.3 Å². The van der Waals surface area contributed by atoms with Crippen molar-refractivity contribution in [3.05, 3.63) is 28.3 Å². The van der Waals surface area contributed by atoms with E-state index in [1.165, 1.54) is 4.57 Å². The molecule has 1 rings (SSSR count). The van der Waals surface area contributed by atoms with E-state index in [2.05, 4.69) is 21.2 Å². The monoisotopic (exact) mass is 356 g/mol. The van der Waals surface area contributed by atoms with E-state index in [-0.39, 0.29) is 5.49 Å². The Labute approximate surface area is 132 Å². The third-order valence-electron chi connectivity index (χ3n) is 2.47. The number of nitrogens with zero attached hydrogens (tertiary/aromatic N) is 1. The van der Waals surface area contributed by atoms with Crippen LogP contribution in [-0.2, 0) is 4.74 Å². The Bertz CT molecular complexity index is 575. The first-order valence-corrected chi connectivity index (χ1v) is 7.47. The molecule has 21 heavy (non-hydrogen) atoms. The zero-order chi connectivity index (χ0) is 16.0. The number of rotatable bonds is 4. The molecule has 0 unspecified atom stereocenters. The lowest BCUT2D eigenvalue weighted by Gasteiger charge is -2.19. The van der Waals surface area contributed by atoms with Gasteiger partial charge in [-0.15, -0.1) is 0 Å². The van der Waals surface area contributed by atoms with Gasteiger partial charge < -0.3 is 10.1 Å². The molecule has 0 radical (unpaired) electrons. The summed E-state index contributed by atoms with van der Waals surface area (Å²) in [7, 11) is 0. The average molecular weight is 357 g/mol. The molecular formula is C14H21BrN4O2. The normalized spacial score (nSPS) is 11.0. The molecule has 0 aliphatic rings. The van der Waals surface area contributed by atoms with Crippen LogP contribution in [0.2, 0.25) is 0 Å². The summed E-state index contributed by atoms with van der Waals surface area (Å²) in [5, 5.41) is 18.5. The van der Waals surface area contributed by atoms with Gasteiger partial charge in [0.25, 0.3) is 0 Å². The number of aromatic nitrogens is 1. The Morgan fingerprint density at radius 2 is 2.10 bits per heavy atom. The second-order valence-corrected chi connectivity index (χ2v) is 6.36. The van der Waals surface area contributed by atoms with Crippen molar-refractivity contribution in [2.45, 2.75) is 39.2 Å². The molecule has 0 atom stereocenters. The van der Waals surface area contributed by atoms with E-state index in [1.54, 1.807) is 18.2 Å². The summed E-state index contributed by atoms with van der Waals surface area (Å²) >= 11 is 3.33. The third kappa shape index (κ3) is 6.12. The largest absolute Gasteiger partial charge is 0.444 e. The third-order valence-corrected chi connectivity index (χ3v) is 3.09. The molecule has 1 aromatic rings. The van der Waals surface area contributed by atoms with Crippen LogP contribution in [0, 0.1) is 10.8 Å². The average Bonchev–Trinajstić information content (AvgIpc) is 2.32. The summed E-state index contributed by atoms with van der Waals surface area (Å²) in [6.07, 6.45) is 0.602. The van der Waals surface area contributed by atoms with E-state index in [1.807, 2.05) is 20.8 Å². The lowest BCUT2D eigenvalue weighted by Crippen LogP contribution is -2.33. The minimum absolute atomic E-state index is 0.245. The van der Waals surface area contributed by atoms with Crippen molar-refractivity contribution in [2.24, 2.45) is 0 Å². The van der Waals surface area contributed by atoms with Crippen molar-refractivity contribution in [1.29, 1.82) is 10.8 Å². The first kappa shape index (κ1) is 17.4. The molecule has 1 aromatic heterocycles. The van der Waals surface area contributed by atoms with E-state index in [9.17, 15) is 4.79 Å². The van der Waals surface area contributed by atoms with Gasteiger partial charge in [0.2, 0.25) is 0 Å². The highest BCUT2D eigenvalue weighted by molar-refractivity contribution is 9.10. The van der Waals surface area contributed by atoms with Gasteiger partial charge in [0.1, 0.15) is 16.9 Å². The topological polar surface area (TPSA) is 91.0 Å². The molecule has 0 bridgehead atoms. The lowest BCUT2D eigenvalue weighted by molar-refractivity contribution is 0.0527. The maximum absolute atomic E-state index is 11.5. The standard InChI is InChI=1S/C14H21BrN4O2/c1-14(2,3)21-13(20)18-9-5-8-12(17)19-10(15)6-4-7-11(19)16/h4,6-7,16-17H,5,8-9H2,1-3H3,(H,18,20). The molecule has 3 N–H and O–H groups in total. The Morgan fingerprint density at radius 1 is 1.43 bits per heavy atom. The molecule has 0 saturated heterocycles. The first-order chi connectivity index (χ1) is 9.70. The Hall–Kier alpha value is -1.63. The molecule has 7 heteroatoms. The second kappa shape index (κ2) is 7.40. The molecule has 0 aliphatic carbocycles. The van der Waals surface area contributed by atoms with Gasteiger partial charge in [-0.25, -0.2) is 4.79 Å². The molecule has 6 nitrogen and oxygen atoms in total. The van der Waals surface area contributed by atoms with Crippen LogP contribution in [0.5, 0.6) is 0 Å². The maximum atomic E-state index is 11.5. The van der Waals surface area contributed by atoms with Crippen molar-refractivity contribution in [3.63, 3.8) is 0 Å². The van der Waals surface area contributed by atoms with E-state index < -0.39 is 11.7 Å². The van der Waals surface area contributed by atoms with Crippen LogP contribution in [0.25, 0.3) is 0 Å². The van der Waals surface area contributed by atoms with E-state index >= 15 is 0 Å². The van der Waals surface area contributed by atoms with E-state index in [0.717, 1.165) is 0 Å². The molecule has 0 saturated carbocycles. The Morgan fingerprint density at radius 3 is 2.67 bits per heavy atom. The van der Waals surface area contributed by atoms with Gasteiger partial charge in [-0.1, -0.05) is 6.07 Å². The number of amides is 1. The highest BCUT2D eigenvalue weighted by Crippen LogP contribution is 2.08. The fourth-order valence-corrected chi connectivity index (χ4v) is 2.19. The van der Waals surface area contributed by atoms with Crippen molar-refractivity contribution in [3.8, 4) is 0 Å². The van der Waals surface area contributed by atoms with Gasteiger partial charge in [-0.3, -0.25) is 15.4 Å². The highest BCUT2D eigenvalue weighted by atomic mass is 79.9. The van der Waals surface area contributed by atoms with Crippen LogP contribution >= 0.6 is 15.9 Å². The van der Waals surface area contributed by atoms with Gasteiger partial charge in [0, 0.05) is 13.0 Å². The number of pyridine rings is 1. The lowest BCUT2D eigenvalue weighted by atomic mass is 10.2. The molecular weight excluding hydrogens is 336 g/mol. The van der Waals surface area contributed by atoms with Gasteiger partial charge in [0.05, 0.1) is 4.60 Å². The quantitative estimate of drug-likeness (QED) is 0.335. The van der Waals surface area contributed by atoms with Gasteiger partial charge in [0.15, 0.2) is 0 Å². The van der Waals surface area contributed by atoms with Gasteiger partial charge in [-0.2, -0.15) is 0 Å².